The summed E-state index contributed by atoms with van der Waals surface area (Å²) in [5.74, 6) is -0.372. The minimum absolute atomic E-state index is 0.184. The lowest BCUT2D eigenvalue weighted by Crippen LogP contribution is -2.42. The summed E-state index contributed by atoms with van der Waals surface area (Å²) in [6.07, 6.45) is 0.866. The van der Waals surface area contributed by atoms with Gasteiger partial charge in [0.05, 0.1) is 11.4 Å². The van der Waals surface area contributed by atoms with Crippen molar-refractivity contribution < 1.29 is 17.5 Å². The lowest BCUT2D eigenvalue weighted by Gasteiger charge is -2.31. The Morgan fingerprint density at radius 2 is 1.96 bits per heavy atom. The van der Waals surface area contributed by atoms with Gasteiger partial charge in [0.25, 0.3) is 0 Å². The third-order valence-electron chi connectivity index (χ3n) is 4.59. The molecule has 0 atom stereocenters. The minimum atomic E-state index is -3.60. The number of sulfonamides is 1. The zero-order valence-electron chi connectivity index (χ0n) is 15.1. The van der Waals surface area contributed by atoms with E-state index in [1.807, 2.05) is 6.92 Å². The van der Waals surface area contributed by atoms with E-state index in [2.05, 4.69) is 10.1 Å². The number of ether oxygens (including phenoxy) is 1. The highest BCUT2D eigenvalue weighted by Crippen LogP contribution is 2.27. The Balaban J connectivity index is 1.70. The van der Waals surface area contributed by atoms with Crippen LogP contribution >= 0.6 is 0 Å². The van der Waals surface area contributed by atoms with Gasteiger partial charge in [-0.3, -0.25) is 4.68 Å². The zero-order chi connectivity index (χ0) is 18.9. The van der Waals surface area contributed by atoms with E-state index in [0.717, 1.165) is 0 Å². The molecule has 0 N–H and O–H groups in total. The van der Waals surface area contributed by atoms with E-state index in [4.69, 9.17) is 4.74 Å². The van der Waals surface area contributed by atoms with E-state index in [1.54, 1.807) is 24.6 Å². The fourth-order valence-electron chi connectivity index (χ4n) is 3.31. The maximum absolute atomic E-state index is 13.1. The van der Waals surface area contributed by atoms with Gasteiger partial charge >= 0.3 is 0 Å². The average Bonchev–Trinajstić information content (AvgIpc) is 2.89. The van der Waals surface area contributed by atoms with Crippen LogP contribution in [-0.4, -0.2) is 46.7 Å². The monoisotopic (exact) mass is 382 g/mol. The van der Waals surface area contributed by atoms with Crippen LogP contribution in [0.2, 0.25) is 0 Å². The molecule has 9 heteroatoms. The Hall–Kier alpha value is -2.00. The van der Waals surface area contributed by atoms with Gasteiger partial charge < -0.3 is 4.74 Å². The Morgan fingerprint density at radius 3 is 2.54 bits per heavy atom. The van der Waals surface area contributed by atoms with Gasteiger partial charge in [0, 0.05) is 25.7 Å². The number of hydrogen-bond acceptors (Lipinski definition) is 5. The summed E-state index contributed by atoms with van der Waals surface area (Å²) in [4.78, 5) is 3.98. The van der Waals surface area contributed by atoms with Crippen LogP contribution in [0.5, 0.6) is 5.88 Å². The van der Waals surface area contributed by atoms with Crippen LogP contribution < -0.4 is 4.74 Å². The predicted octanol–water partition coefficient (Wildman–Crippen LogP) is 2.29. The number of aromatic nitrogens is 3. The SMILES string of the molecule is CCn1nc(C)c(S(=O)(=O)N2CCC(Oc3cccc(F)n3)CC2)c1C. The first kappa shape index (κ1) is 18.8. The third-order valence-corrected chi connectivity index (χ3v) is 6.74. The van der Waals surface area contributed by atoms with E-state index in [-0.39, 0.29) is 12.0 Å². The molecular formula is C17H23FN4O3S. The van der Waals surface area contributed by atoms with Crippen molar-refractivity contribution in [3.05, 3.63) is 35.5 Å². The normalized spacial score (nSPS) is 16.8. The van der Waals surface area contributed by atoms with E-state index >= 15 is 0 Å². The quantitative estimate of drug-likeness (QED) is 0.742. The third kappa shape index (κ3) is 3.59. The number of pyridine rings is 1. The van der Waals surface area contributed by atoms with Crippen molar-refractivity contribution in [2.75, 3.05) is 13.1 Å². The highest BCUT2D eigenvalue weighted by Gasteiger charge is 2.34. The van der Waals surface area contributed by atoms with E-state index in [0.29, 0.717) is 48.8 Å². The van der Waals surface area contributed by atoms with Crippen molar-refractivity contribution in [2.45, 2.75) is 51.2 Å². The summed E-state index contributed by atoms with van der Waals surface area (Å²) in [6, 6.07) is 4.38. The molecule has 0 spiro atoms. The highest BCUT2D eigenvalue weighted by atomic mass is 32.2. The zero-order valence-corrected chi connectivity index (χ0v) is 16.0. The molecule has 2 aromatic heterocycles. The largest absolute Gasteiger partial charge is 0.474 e. The molecule has 7 nitrogen and oxygen atoms in total. The number of hydrogen-bond donors (Lipinski definition) is 0. The van der Waals surface area contributed by atoms with Crippen molar-refractivity contribution in [3.63, 3.8) is 0 Å². The Labute approximate surface area is 152 Å². The van der Waals surface area contributed by atoms with Crippen molar-refractivity contribution in [1.29, 1.82) is 0 Å². The molecule has 1 saturated heterocycles. The van der Waals surface area contributed by atoms with E-state index < -0.39 is 16.0 Å². The highest BCUT2D eigenvalue weighted by molar-refractivity contribution is 7.89. The molecule has 3 heterocycles. The van der Waals surface area contributed by atoms with Gasteiger partial charge in [-0.15, -0.1) is 0 Å². The summed E-state index contributed by atoms with van der Waals surface area (Å²) in [6.45, 7) is 6.74. The van der Waals surface area contributed by atoms with Crippen molar-refractivity contribution >= 4 is 10.0 Å². The second-order valence-electron chi connectivity index (χ2n) is 6.34. The second-order valence-corrected chi connectivity index (χ2v) is 8.21. The molecule has 0 aliphatic carbocycles. The van der Waals surface area contributed by atoms with Gasteiger partial charge in [-0.05, 0) is 39.7 Å². The van der Waals surface area contributed by atoms with Gasteiger partial charge in [-0.1, -0.05) is 6.07 Å². The van der Waals surface area contributed by atoms with Gasteiger partial charge in [0.1, 0.15) is 11.0 Å². The Bertz CT molecular complexity index is 889. The number of nitrogens with zero attached hydrogens (tertiary/aromatic N) is 4. The van der Waals surface area contributed by atoms with Crippen LogP contribution in [0.4, 0.5) is 4.39 Å². The first-order chi connectivity index (χ1) is 12.3. The van der Waals surface area contributed by atoms with Gasteiger partial charge in [-0.25, -0.2) is 8.42 Å². The van der Waals surface area contributed by atoms with Gasteiger partial charge in [0.15, 0.2) is 0 Å². The molecule has 1 aliphatic rings. The van der Waals surface area contributed by atoms with Crippen LogP contribution in [0.15, 0.2) is 23.1 Å². The molecule has 2 aromatic rings. The number of piperidine rings is 1. The molecule has 26 heavy (non-hydrogen) atoms. The van der Waals surface area contributed by atoms with Crippen LogP contribution in [0, 0.1) is 19.8 Å². The number of rotatable bonds is 5. The van der Waals surface area contributed by atoms with Crippen LogP contribution in [-0.2, 0) is 16.6 Å². The molecule has 0 aromatic carbocycles. The van der Waals surface area contributed by atoms with Crippen molar-refractivity contribution in [3.8, 4) is 5.88 Å². The van der Waals surface area contributed by atoms with Gasteiger partial charge in [-0.2, -0.15) is 18.8 Å². The van der Waals surface area contributed by atoms with E-state index in [1.165, 1.54) is 16.4 Å². The summed E-state index contributed by atoms with van der Waals surface area (Å²) < 4.78 is 48.1. The number of aryl methyl sites for hydroxylation is 2. The molecule has 3 rings (SSSR count). The molecular weight excluding hydrogens is 359 g/mol. The lowest BCUT2D eigenvalue weighted by atomic mass is 10.1. The molecule has 1 aliphatic heterocycles. The summed E-state index contributed by atoms with van der Waals surface area (Å²) in [7, 11) is -3.60. The maximum Gasteiger partial charge on any atom is 0.246 e. The minimum Gasteiger partial charge on any atom is -0.474 e. The first-order valence-electron chi connectivity index (χ1n) is 8.66. The molecule has 0 saturated carbocycles. The maximum atomic E-state index is 13.1. The summed E-state index contributed by atoms with van der Waals surface area (Å²) in [5.41, 5.74) is 1.18. The molecule has 142 valence electrons. The Morgan fingerprint density at radius 1 is 1.27 bits per heavy atom. The topological polar surface area (TPSA) is 77.3 Å². The molecule has 0 unspecified atom stereocenters. The molecule has 0 bridgehead atoms. The lowest BCUT2D eigenvalue weighted by molar-refractivity contribution is 0.128. The van der Waals surface area contributed by atoms with Crippen LogP contribution in [0.1, 0.15) is 31.2 Å². The number of halogens is 1. The first-order valence-corrected chi connectivity index (χ1v) is 10.1. The van der Waals surface area contributed by atoms with Crippen molar-refractivity contribution in [1.82, 2.24) is 19.1 Å². The second kappa shape index (κ2) is 7.32. The fourth-order valence-corrected chi connectivity index (χ4v) is 5.15. The molecule has 0 radical (unpaired) electrons. The van der Waals surface area contributed by atoms with Gasteiger partial charge in [0.2, 0.25) is 21.9 Å². The standard InChI is InChI=1S/C17H23FN4O3S/c1-4-22-13(3)17(12(2)20-22)26(23,24)21-10-8-14(9-11-21)25-16-7-5-6-15(18)19-16/h5-7,14H,4,8-11H2,1-3H3. The van der Waals surface area contributed by atoms with E-state index in [9.17, 15) is 12.8 Å². The predicted molar refractivity (Wildman–Crippen MR) is 94.0 cm³/mol. The van der Waals surface area contributed by atoms with Crippen molar-refractivity contribution in [2.24, 2.45) is 0 Å². The molecule has 1 fully saturated rings. The van der Waals surface area contributed by atoms with Crippen LogP contribution in [0.25, 0.3) is 0 Å². The average molecular weight is 382 g/mol. The Kier molecular flexibility index (Phi) is 5.29. The smallest absolute Gasteiger partial charge is 0.246 e. The van der Waals surface area contributed by atoms with Crippen LogP contribution in [0.3, 0.4) is 0 Å². The summed E-state index contributed by atoms with van der Waals surface area (Å²) >= 11 is 0. The summed E-state index contributed by atoms with van der Waals surface area (Å²) in [5, 5.41) is 4.31. The fraction of sp³-hybridized carbons (Fsp3) is 0.529. The molecule has 0 amide bonds.